The normalized spacial score (nSPS) is 16.8. The highest BCUT2D eigenvalue weighted by Crippen LogP contribution is 2.21. The molecule has 1 aromatic carbocycles. The van der Waals surface area contributed by atoms with Crippen molar-refractivity contribution in [1.29, 1.82) is 0 Å². The largest absolute Gasteiger partial charge is 0.494 e. The molecule has 0 aromatic heterocycles. The second-order valence-corrected chi connectivity index (χ2v) is 6.71. The molecule has 1 aromatic rings. The van der Waals surface area contributed by atoms with Gasteiger partial charge >= 0.3 is 0 Å². The fourth-order valence-electron chi connectivity index (χ4n) is 3.18. The first-order chi connectivity index (χ1) is 13.2. The van der Waals surface area contributed by atoms with E-state index in [9.17, 15) is 9.59 Å². The van der Waals surface area contributed by atoms with Gasteiger partial charge in [-0.2, -0.15) is 0 Å². The molecule has 7 heteroatoms. The predicted molar refractivity (Wildman–Crippen MR) is 104 cm³/mol. The molecule has 0 aliphatic carbocycles. The zero-order valence-electron chi connectivity index (χ0n) is 16.1. The van der Waals surface area contributed by atoms with Crippen LogP contribution in [0.3, 0.4) is 0 Å². The number of hydrogen-bond acceptors (Lipinski definition) is 5. The first kappa shape index (κ1) is 21.2. The number of piperidine rings is 1. The molecule has 3 N–H and O–H groups in total. The monoisotopic (exact) mass is 377 g/mol. The number of amides is 2. The molecule has 7 nitrogen and oxygen atoms in total. The van der Waals surface area contributed by atoms with Crippen molar-refractivity contribution < 1.29 is 19.1 Å². The number of nitrogens with one attached hydrogen (secondary N) is 1. The Bertz CT molecular complexity index is 591. The summed E-state index contributed by atoms with van der Waals surface area (Å²) < 4.78 is 10.6. The van der Waals surface area contributed by atoms with Gasteiger partial charge in [0.25, 0.3) is 5.91 Å². The van der Waals surface area contributed by atoms with Gasteiger partial charge in [0.15, 0.2) is 0 Å². The van der Waals surface area contributed by atoms with Crippen molar-refractivity contribution >= 4 is 11.8 Å². The van der Waals surface area contributed by atoms with Gasteiger partial charge in [-0.1, -0.05) is 0 Å². The summed E-state index contributed by atoms with van der Waals surface area (Å²) >= 11 is 0. The Morgan fingerprint density at radius 3 is 2.70 bits per heavy atom. The lowest BCUT2D eigenvalue weighted by atomic mass is 10.0. The third kappa shape index (κ3) is 6.84. The molecule has 1 aliphatic rings. The number of methoxy groups -OCH3 is 1. The van der Waals surface area contributed by atoms with Gasteiger partial charge in [-0.25, -0.2) is 0 Å². The quantitative estimate of drug-likeness (QED) is 0.604. The Morgan fingerprint density at radius 2 is 2.00 bits per heavy atom. The summed E-state index contributed by atoms with van der Waals surface area (Å²) in [5.74, 6) is 0.677. The van der Waals surface area contributed by atoms with Gasteiger partial charge in [0.2, 0.25) is 5.91 Å². The number of hydrogen-bond donors (Lipinski definition) is 2. The van der Waals surface area contributed by atoms with Gasteiger partial charge in [0.1, 0.15) is 5.75 Å². The molecular weight excluding hydrogens is 346 g/mol. The Hall–Kier alpha value is -2.12. The lowest BCUT2D eigenvalue weighted by molar-refractivity contribution is -0.121. The topological polar surface area (TPSA) is 93.9 Å². The van der Waals surface area contributed by atoms with Crippen LogP contribution in [0, 0.1) is 0 Å². The van der Waals surface area contributed by atoms with Gasteiger partial charge < -0.3 is 25.4 Å². The highest BCUT2D eigenvalue weighted by atomic mass is 16.5. The molecule has 1 aliphatic heterocycles. The van der Waals surface area contributed by atoms with E-state index in [-0.39, 0.29) is 17.9 Å². The van der Waals surface area contributed by atoms with Crippen molar-refractivity contribution in [1.82, 2.24) is 10.2 Å². The average molecular weight is 377 g/mol. The molecule has 0 bridgehead atoms. The van der Waals surface area contributed by atoms with E-state index in [1.165, 1.54) is 0 Å². The highest BCUT2D eigenvalue weighted by molar-refractivity contribution is 5.94. The fraction of sp³-hybridized carbons (Fsp3) is 0.600. The standard InChI is InChI=1S/C20H31N3O4/c1-26-13-4-14-27-18-8-6-16(7-9-18)20(25)23-12-3-2-5-17(23)15-22-19(24)10-11-21/h6-9,17H,2-5,10-15,21H2,1H3,(H,22,24). The van der Waals surface area contributed by atoms with Crippen molar-refractivity contribution in [2.75, 3.05) is 40.0 Å². The molecule has 0 spiro atoms. The number of ether oxygens (including phenoxy) is 2. The predicted octanol–water partition coefficient (Wildman–Crippen LogP) is 1.56. The van der Waals surface area contributed by atoms with Crippen LogP contribution in [0.1, 0.15) is 42.5 Å². The third-order valence-electron chi connectivity index (χ3n) is 4.66. The van der Waals surface area contributed by atoms with E-state index >= 15 is 0 Å². The minimum atomic E-state index is -0.0644. The number of rotatable bonds is 10. The van der Waals surface area contributed by atoms with Crippen molar-refractivity contribution in [3.8, 4) is 5.75 Å². The maximum Gasteiger partial charge on any atom is 0.254 e. The fourth-order valence-corrected chi connectivity index (χ4v) is 3.18. The summed E-state index contributed by atoms with van der Waals surface area (Å²) in [5, 5.41) is 2.89. The zero-order valence-corrected chi connectivity index (χ0v) is 16.1. The molecule has 27 heavy (non-hydrogen) atoms. The van der Waals surface area contributed by atoms with E-state index in [1.807, 2.05) is 17.0 Å². The van der Waals surface area contributed by atoms with Crippen LogP contribution in [-0.4, -0.2) is 62.7 Å². The molecular formula is C20H31N3O4. The number of carbonyl (C=O) groups excluding carboxylic acids is 2. The van der Waals surface area contributed by atoms with Gasteiger partial charge in [-0.15, -0.1) is 0 Å². The molecule has 1 atom stereocenters. The summed E-state index contributed by atoms with van der Waals surface area (Å²) in [4.78, 5) is 26.5. The number of likely N-dealkylation sites (tertiary alicyclic amines) is 1. The number of benzene rings is 1. The highest BCUT2D eigenvalue weighted by Gasteiger charge is 2.27. The van der Waals surface area contributed by atoms with Crippen molar-refractivity contribution in [3.63, 3.8) is 0 Å². The van der Waals surface area contributed by atoms with Crippen LogP contribution in [0.2, 0.25) is 0 Å². The average Bonchev–Trinajstić information content (AvgIpc) is 2.70. The lowest BCUT2D eigenvalue weighted by Crippen LogP contribution is -2.49. The molecule has 150 valence electrons. The van der Waals surface area contributed by atoms with Gasteiger partial charge in [0.05, 0.1) is 6.61 Å². The molecule has 2 amide bonds. The first-order valence-electron chi connectivity index (χ1n) is 9.65. The summed E-state index contributed by atoms with van der Waals surface area (Å²) in [7, 11) is 1.66. The van der Waals surface area contributed by atoms with Crippen LogP contribution in [0.5, 0.6) is 5.75 Å². The smallest absolute Gasteiger partial charge is 0.254 e. The molecule has 1 unspecified atom stereocenters. The van der Waals surface area contributed by atoms with Crippen LogP contribution in [-0.2, 0) is 9.53 Å². The molecule has 1 heterocycles. The molecule has 0 radical (unpaired) electrons. The minimum Gasteiger partial charge on any atom is -0.494 e. The molecule has 0 saturated carbocycles. The Kier molecular flexibility index (Phi) is 9.07. The summed E-state index contributed by atoms with van der Waals surface area (Å²) in [6.45, 7) is 2.77. The SMILES string of the molecule is COCCCOc1ccc(C(=O)N2CCCCC2CNC(=O)CCN)cc1. The first-order valence-corrected chi connectivity index (χ1v) is 9.65. The van der Waals surface area contributed by atoms with E-state index in [4.69, 9.17) is 15.2 Å². The van der Waals surface area contributed by atoms with Gasteiger partial charge in [0, 0.05) is 57.8 Å². The Morgan fingerprint density at radius 1 is 1.22 bits per heavy atom. The minimum absolute atomic E-state index is 0.00120. The number of nitrogens with two attached hydrogens (primary N) is 1. The van der Waals surface area contributed by atoms with E-state index in [0.29, 0.717) is 44.8 Å². The molecule has 1 saturated heterocycles. The van der Waals surface area contributed by atoms with Crippen molar-refractivity contribution in [3.05, 3.63) is 29.8 Å². The second kappa shape index (κ2) is 11.6. The Labute approximate surface area is 161 Å². The summed E-state index contributed by atoms with van der Waals surface area (Å²) in [5.41, 5.74) is 6.04. The van der Waals surface area contributed by atoms with Gasteiger partial charge in [-0.3, -0.25) is 9.59 Å². The van der Waals surface area contributed by atoms with Crippen LogP contribution >= 0.6 is 0 Å². The van der Waals surface area contributed by atoms with Crippen LogP contribution in [0.4, 0.5) is 0 Å². The van der Waals surface area contributed by atoms with Crippen LogP contribution in [0.15, 0.2) is 24.3 Å². The molecule has 1 fully saturated rings. The van der Waals surface area contributed by atoms with E-state index in [1.54, 1.807) is 19.2 Å². The van der Waals surface area contributed by atoms with E-state index in [0.717, 1.165) is 31.4 Å². The second-order valence-electron chi connectivity index (χ2n) is 6.71. The number of nitrogens with zero attached hydrogens (tertiary/aromatic N) is 1. The van der Waals surface area contributed by atoms with Crippen molar-refractivity contribution in [2.45, 2.75) is 38.1 Å². The third-order valence-corrected chi connectivity index (χ3v) is 4.66. The zero-order chi connectivity index (χ0) is 19.5. The lowest BCUT2D eigenvalue weighted by Gasteiger charge is -2.36. The molecule has 2 rings (SSSR count). The maximum atomic E-state index is 12.9. The van der Waals surface area contributed by atoms with E-state index in [2.05, 4.69) is 5.32 Å². The van der Waals surface area contributed by atoms with Gasteiger partial charge in [-0.05, 0) is 43.5 Å². The number of carbonyl (C=O) groups is 2. The van der Waals surface area contributed by atoms with Crippen LogP contribution in [0.25, 0.3) is 0 Å². The summed E-state index contributed by atoms with van der Waals surface area (Å²) in [6.07, 6.45) is 4.08. The van der Waals surface area contributed by atoms with Crippen LogP contribution < -0.4 is 15.8 Å². The summed E-state index contributed by atoms with van der Waals surface area (Å²) in [6, 6.07) is 7.27. The Balaban J connectivity index is 1.91. The maximum absolute atomic E-state index is 12.9. The van der Waals surface area contributed by atoms with E-state index < -0.39 is 0 Å². The van der Waals surface area contributed by atoms with Crippen molar-refractivity contribution in [2.24, 2.45) is 5.73 Å².